The summed E-state index contributed by atoms with van der Waals surface area (Å²) < 4.78 is 5.95. The molecule has 3 N–H and O–H groups in total. The lowest BCUT2D eigenvalue weighted by Crippen LogP contribution is -2.35. The fraction of sp³-hybridized carbons (Fsp3) is 0.304. The second-order valence-corrected chi connectivity index (χ2v) is 7.65. The number of fused-ring (bicyclic) bond motifs is 2. The van der Waals surface area contributed by atoms with Crippen LogP contribution in [0.15, 0.2) is 53.3 Å². The number of hydrogen-bond donors (Lipinski definition) is 3. The van der Waals surface area contributed by atoms with Crippen molar-refractivity contribution in [2.75, 3.05) is 13.2 Å². The lowest BCUT2D eigenvalue weighted by Gasteiger charge is -2.23. The third kappa shape index (κ3) is 3.76. The Morgan fingerprint density at radius 2 is 1.97 bits per heavy atom. The van der Waals surface area contributed by atoms with E-state index in [-0.39, 0.29) is 5.56 Å². The zero-order valence-corrected chi connectivity index (χ0v) is 16.2. The topological polar surface area (TPSA) is 82.8 Å². The SMILES string of the molecule is O=c1[nH]c2ccccc2cc1-c1nc2cc(OCCC3CCCCN3)ccc2[nH]1. The summed E-state index contributed by atoms with van der Waals surface area (Å²) in [6, 6.07) is 16.0. The molecule has 148 valence electrons. The minimum Gasteiger partial charge on any atom is -0.493 e. The molecule has 1 aliphatic rings. The molecule has 1 unspecified atom stereocenters. The summed E-state index contributed by atoms with van der Waals surface area (Å²) in [5.74, 6) is 1.37. The van der Waals surface area contributed by atoms with Gasteiger partial charge in [-0.25, -0.2) is 4.98 Å². The molecule has 5 rings (SSSR count). The van der Waals surface area contributed by atoms with E-state index >= 15 is 0 Å². The van der Waals surface area contributed by atoms with Crippen LogP contribution in [0.2, 0.25) is 0 Å². The van der Waals surface area contributed by atoms with E-state index in [4.69, 9.17) is 4.74 Å². The number of nitrogens with one attached hydrogen (secondary N) is 3. The number of rotatable bonds is 5. The summed E-state index contributed by atoms with van der Waals surface area (Å²) in [6.45, 7) is 1.80. The Kier molecular flexibility index (Phi) is 4.77. The predicted molar refractivity (Wildman–Crippen MR) is 115 cm³/mol. The first-order chi connectivity index (χ1) is 14.3. The maximum atomic E-state index is 12.5. The molecule has 1 fully saturated rings. The molecule has 4 aromatic rings. The molecule has 2 aromatic heterocycles. The summed E-state index contributed by atoms with van der Waals surface area (Å²) in [4.78, 5) is 23.3. The van der Waals surface area contributed by atoms with E-state index in [0.29, 0.717) is 24.0 Å². The molecule has 29 heavy (non-hydrogen) atoms. The number of piperidine rings is 1. The van der Waals surface area contributed by atoms with E-state index in [0.717, 1.165) is 40.7 Å². The quantitative estimate of drug-likeness (QED) is 0.483. The van der Waals surface area contributed by atoms with Crippen LogP contribution >= 0.6 is 0 Å². The van der Waals surface area contributed by atoms with E-state index in [1.54, 1.807) is 0 Å². The summed E-state index contributed by atoms with van der Waals surface area (Å²) >= 11 is 0. The van der Waals surface area contributed by atoms with Crippen LogP contribution in [0.25, 0.3) is 33.3 Å². The van der Waals surface area contributed by atoms with Crippen molar-refractivity contribution in [3.05, 3.63) is 58.9 Å². The van der Waals surface area contributed by atoms with Crippen LogP contribution < -0.4 is 15.6 Å². The number of aromatic amines is 2. The molecule has 0 bridgehead atoms. The molecular formula is C23H24N4O2. The van der Waals surface area contributed by atoms with Gasteiger partial charge in [0.1, 0.15) is 11.6 Å². The number of aromatic nitrogens is 3. The van der Waals surface area contributed by atoms with Gasteiger partial charge in [0.25, 0.3) is 5.56 Å². The van der Waals surface area contributed by atoms with Gasteiger partial charge in [-0.15, -0.1) is 0 Å². The summed E-state index contributed by atoms with van der Waals surface area (Å²) in [5.41, 5.74) is 2.88. The van der Waals surface area contributed by atoms with Crippen molar-refractivity contribution >= 4 is 21.9 Å². The van der Waals surface area contributed by atoms with Crippen molar-refractivity contribution in [3.8, 4) is 17.1 Å². The fourth-order valence-electron chi connectivity index (χ4n) is 4.02. The second-order valence-electron chi connectivity index (χ2n) is 7.65. The van der Waals surface area contributed by atoms with Gasteiger partial charge in [-0.2, -0.15) is 0 Å². The molecule has 0 spiro atoms. The molecule has 3 heterocycles. The minimum atomic E-state index is -0.154. The number of para-hydroxylation sites is 1. The summed E-state index contributed by atoms with van der Waals surface area (Å²) in [6.07, 6.45) is 4.81. The van der Waals surface area contributed by atoms with Crippen LogP contribution in [0.5, 0.6) is 5.75 Å². The first-order valence-corrected chi connectivity index (χ1v) is 10.2. The molecule has 0 aliphatic carbocycles. The molecule has 0 amide bonds. The molecule has 0 radical (unpaired) electrons. The smallest absolute Gasteiger partial charge is 0.259 e. The maximum absolute atomic E-state index is 12.5. The lowest BCUT2D eigenvalue weighted by molar-refractivity contribution is 0.268. The van der Waals surface area contributed by atoms with Crippen molar-refractivity contribution in [2.24, 2.45) is 0 Å². The number of nitrogens with zero attached hydrogens (tertiary/aromatic N) is 1. The molecule has 0 saturated carbocycles. The van der Waals surface area contributed by atoms with E-state index < -0.39 is 0 Å². The van der Waals surface area contributed by atoms with Crippen LogP contribution in [0, 0.1) is 0 Å². The monoisotopic (exact) mass is 388 g/mol. The third-order valence-corrected chi connectivity index (χ3v) is 5.61. The van der Waals surface area contributed by atoms with Crippen molar-refractivity contribution in [1.29, 1.82) is 0 Å². The fourth-order valence-corrected chi connectivity index (χ4v) is 4.02. The Balaban J connectivity index is 1.36. The van der Waals surface area contributed by atoms with Gasteiger partial charge in [0.05, 0.1) is 23.2 Å². The maximum Gasteiger partial charge on any atom is 0.259 e. The molecule has 2 aromatic carbocycles. The number of ether oxygens (including phenoxy) is 1. The van der Waals surface area contributed by atoms with Crippen LogP contribution in [0.3, 0.4) is 0 Å². The highest BCUT2D eigenvalue weighted by atomic mass is 16.5. The Bertz CT molecular complexity index is 1200. The molecule has 6 nitrogen and oxygen atoms in total. The Hall–Kier alpha value is -3.12. The highest BCUT2D eigenvalue weighted by Crippen LogP contribution is 2.24. The number of hydrogen-bond acceptors (Lipinski definition) is 4. The van der Waals surface area contributed by atoms with Crippen molar-refractivity contribution in [2.45, 2.75) is 31.7 Å². The number of pyridine rings is 1. The van der Waals surface area contributed by atoms with Gasteiger partial charge in [0.2, 0.25) is 0 Å². The molecule has 1 aliphatic heterocycles. The molecule has 1 atom stereocenters. The standard InChI is InChI=1S/C23H24N4O2/c28-23-18(13-15-5-1-2-7-19(15)27-23)22-25-20-9-8-17(14-21(20)26-22)29-12-10-16-6-3-4-11-24-16/h1-2,5,7-9,13-14,16,24H,3-4,6,10-12H2,(H,25,26)(H,27,28). The summed E-state index contributed by atoms with van der Waals surface area (Å²) in [5, 5.41) is 4.52. The average molecular weight is 388 g/mol. The van der Waals surface area contributed by atoms with Gasteiger partial charge >= 0.3 is 0 Å². The Morgan fingerprint density at radius 1 is 1.03 bits per heavy atom. The normalized spacial score (nSPS) is 17.0. The molecular weight excluding hydrogens is 364 g/mol. The van der Waals surface area contributed by atoms with Crippen molar-refractivity contribution < 1.29 is 4.74 Å². The molecule has 6 heteroatoms. The second kappa shape index (κ2) is 7.72. The zero-order chi connectivity index (χ0) is 19.6. The first kappa shape index (κ1) is 17.9. The molecule has 1 saturated heterocycles. The summed E-state index contributed by atoms with van der Waals surface area (Å²) in [7, 11) is 0. The first-order valence-electron chi connectivity index (χ1n) is 10.2. The van der Waals surface area contributed by atoms with Crippen molar-refractivity contribution in [1.82, 2.24) is 20.3 Å². The van der Waals surface area contributed by atoms with Gasteiger partial charge in [-0.3, -0.25) is 4.79 Å². The van der Waals surface area contributed by atoms with E-state index in [1.165, 1.54) is 19.3 Å². The van der Waals surface area contributed by atoms with Crippen LogP contribution in [-0.2, 0) is 0 Å². The number of imidazole rings is 1. The lowest BCUT2D eigenvalue weighted by atomic mass is 10.0. The van der Waals surface area contributed by atoms with E-state index in [1.807, 2.05) is 48.5 Å². The zero-order valence-electron chi connectivity index (χ0n) is 16.2. The minimum absolute atomic E-state index is 0.154. The third-order valence-electron chi connectivity index (χ3n) is 5.61. The van der Waals surface area contributed by atoms with Gasteiger partial charge in [-0.05, 0) is 55.5 Å². The van der Waals surface area contributed by atoms with Gasteiger partial charge in [0, 0.05) is 17.6 Å². The van der Waals surface area contributed by atoms with E-state index in [2.05, 4.69) is 20.3 Å². The highest BCUT2D eigenvalue weighted by Gasteiger charge is 2.13. The predicted octanol–water partition coefficient (Wildman–Crippen LogP) is 3.98. The largest absolute Gasteiger partial charge is 0.493 e. The van der Waals surface area contributed by atoms with Crippen LogP contribution in [0.4, 0.5) is 0 Å². The number of benzene rings is 2. The van der Waals surface area contributed by atoms with Crippen molar-refractivity contribution in [3.63, 3.8) is 0 Å². The average Bonchev–Trinajstić information content (AvgIpc) is 3.17. The van der Waals surface area contributed by atoms with Gasteiger partial charge in [-0.1, -0.05) is 24.6 Å². The van der Waals surface area contributed by atoms with Crippen LogP contribution in [-0.4, -0.2) is 34.1 Å². The van der Waals surface area contributed by atoms with Crippen LogP contribution in [0.1, 0.15) is 25.7 Å². The Labute approximate surface area is 168 Å². The van der Waals surface area contributed by atoms with E-state index in [9.17, 15) is 4.79 Å². The highest BCUT2D eigenvalue weighted by molar-refractivity contribution is 5.85. The number of H-pyrrole nitrogens is 2. The Morgan fingerprint density at radius 3 is 2.86 bits per heavy atom. The van der Waals surface area contributed by atoms with Gasteiger partial charge < -0.3 is 20.0 Å². The van der Waals surface area contributed by atoms with Gasteiger partial charge in [0.15, 0.2) is 0 Å².